The van der Waals surface area contributed by atoms with Crippen LogP contribution in [0, 0.1) is 0 Å². The Morgan fingerprint density at radius 1 is 1.00 bits per heavy atom. The maximum Gasteiger partial charge on any atom is 0.0426 e. The molecule has 0 radical (unpaired) electrons. The molecule has 1 unspecified atom stereocenters. The Labute approximate surface area is 116 Å². The van der Waals surface area contributed by atoms with Gasteiger partial charge in [0.2, 0.25) is 0 Å². The van der Waals surface area contributed by atoms with E-state index in [1.807, 2.05) is 7.05 Å². The Kier molecular flexibility index (Phi) is 4.58. The van der Waals surface area contributed by atoms with Crippen molar-refractivity contribution in [2.75, 3.05) is 19.0 Å². The minimum absolute atomic E-state index is 0.356. The number of para-hydroxylation sites is 1. The predicted molar refractivity (Wildman–Crippen MR) is 82.5 cm³/mol. The van der Waals surface area contributed by atoms with Gasteiger partial charge >= 0.3 is 0 Å². The Morgan fingerprint density at radius 2 is 1.63 bits per heavy atom. The lowest BCUT2D eigenvalue weighted by molar-refractivity contribution is 0.649. The van der Waals surface area contributed by atoms with E-state index in [1.165, 1.54) is 16.8 Å². The topological polar surface area (TPSA) is 15.3 Å². The van der Waals surface area contributed by atoms with Gasteiger partial charge in [0.25, 0.3) is 0 Å². The summed E-state index contributed by atoms with van der Waals surface area (Å²) < 4.78 is 0. The average Bonchev–Trinajstić information content (AvgIpc) is 2.47. The van der Waals surface area contributed by atoms with Crippen LogP contribution in [0.4, 0.5) is 5.69 Å². The molecule has 0 aliphatic heterocycles. The SMILES string of the molecule is CNC(C)c1ccccc1N(C)Cc1ccccc1. The van der Waals surface area contributed by atoms with Gasteiger partial charge in [-0.3, -0.25) is 0 Å². The third kappa shape index (κ3) is 3.36. The van der Waals surface area contributed by atoms with E-state index in [4.69, 9.17) is 0 Å². The fraction of sp³-hybridized carbons (Fsp3) is 0.294. The lowest BCUT2D eigenvalue weighted by Gasteiger charge is -2.25. The van der Waals surface area contributed by atoms with E-state index in [0.717, 1.165) is 6.54 Å². The Morgan fingerprint density at radius 3 is 2.32 bits per heavy atom. The monoisotopic (exact) mass is 254 g/mol. The molecule has 0 saturated heterocycles. The normalized spacial score (nSPS) is 12.2. The van der Waals surface area contributed by atoms with Gasteiger partial charge in [-0.2, -0.15) is 0 Å². The number of hydrogen-bond acceptors (Lipinski definition) is 2. The number of nitrogens with zero attached hydrogens (tertiary/aromatic N) is 1. The maximum absolute atomic E-state index is 3.31. The Bertz CT molecular complexity index is 508. The molecule has 0 saturated carbocycles. The summed E-state index contributed by atoms with van der Waals surface area (Å²) in [5.74, 6) is 0. The Hall–Kier alpha value is -1.80. The van der Waals surface area contributed by atoms with Gasteiger partial charge in [-0.05, 0) is 31.2 Å². The molecule has 1 atom stereocenters. The van der Waals surface area contributed by atoms with Crippen LogP contribution in [0.3, 0.4) is 0 Å². The first-order chi connectivity index (χ1) is 9.22. The van der Waals surface area contributed by atoms with E-state index in [-0.39, 0.29) is 0 Å². The van der Waals surface area contributed by atoms with Gasteiger partial charge in [0.1, 0.15) is 0 Å². The second-order valence-corrected chi connectivity index (χ2v) is 4.91. The molecule has 0 bridgehead atoms. The summed E-state index contributed by atoms with van der Waals surface area (Å²) in [5, 5.41) is 3.31. The van der Waals surface area contributed by atoms with Crippen molar-refractivity contribution in [3.63, 3.8) is 0 Å². The van der Waals surface area contributed by atoms with Gasteiger partial charge in [0.15, 0.2) is 0 Å². The third-order valence-electron chi connectivity index (χ3n) is 3.51. The Balaban J connectivity index is 2.21. The summed E-state index contributed by atoms with van der Waals surface area (Å²) in [4.78, 5) is 2.30. The molecule has 19 heavy (non-hydrogen) atoms. The van der Waals surface area contributed by atoms with E-state index in [2.05, 4.69) is 78.8 Å². The lowest BCUT2D eigenvalue weighted by atomic mass is 10.0. The highest BCUT2D eigenvalue weighted by Gasteiger charge is 2.11. The molecular formula is C17H22N2. The predicted octanol–water partition coefficient (Wildman–Crippen LogP) is 3.60. The van der Waals surface area contributed by atoms with Crippen molar-refractivity contribution in [1.29, 1.82) is 0 Å². The fourth-order valence-electron chi connectivity index (χ4n) is 2.30. The summed E-state index contributed by atoms with van der Waals surface area (Å²) in [6, 6.07) is 19.5. The molecule has 0 aliphatic carbocycles. The molecule has 0 aliphatic rings. The van der Waals surface area contributed by atoms with Crippen molar-refractivity contribution >= 4 is 5.69 Å². The average molecular weight is 254 g/mol. The highest BCUT2D eigenvalue weighted by molar-refractivity contribution is 5.54. The summed E-state index contributed by atoms with van der Waals surface area (Å²) >= 11 is 0. The van der Waals surface area contributed by atoms with Gasteiger partial charge in [0.05, 0.1) is 0 Å². The summed E-state index contributed by atoms with van der Waals surface area (Å²) in [7, 11) is 4.15. The quantitative estimate of drug-likeness (QED) is 0.877. The number of nitrogens with one attached hydrogen (secondary N) is 1. The number of rotatable bonds is 5. The summed E-state index contributed by atoms with van der Waals surface area (Å²) in [6.07, 6.45) is 0. The number of anilines is 1. The zero-order valence-corrected chi connectivity index (χ0v) is 11.9. The first-order valence-corrected chi connectivity index (χ1v) is 6.73. The molecule has 2 aromatic carbocycles. The highest BCUT2D eigenvalue weighted by atomic mass is 15.1. The van der Waals surface area contributed by atoms with Crippen LogP contribution in [-0.2, 0) is 6.54 Å². The second kappa shape index (κ2) is 6.39. The van der Waals surface area contributed by atoms with E-state index in [0.29, 0.717) is 6.04 Å². The third-order valence-corrected chi connectivity index (χ3v) is 3.51. The number of benzene rings is 2. The minimum Gasteiger partial charge on any atom is -0.370 e. The molecule has 2 heteroatoms. The summed E-state index contributed by atoms with van der Waals surface area (Å²) in [6.45, 7) is 3.11. The van der Waals surface area contributed by atoms with Crippen molar-refractivity contribution < 1.29 is 0 Å². The second-order valence-electron chi connectivity index (χ2n) is 4.91. The molecular weight excluding hydrogens is 232 g/mol. The van der Waals surface area contributed by atoms with Gasteiger partial charge in [0, 0.05) is 25.3 Å². The van der Waals surface area contributed by atoms with Crippen LogP contribution in [0.2, 0.25) is 0 Å². The molecule has 0 aromatic heterocycles. The molecule has 0 spiro atoms. The number of hydrogen-bond donors (Lipinski definition) is 1. The zero-order valence-electron chi connectivity index (χ0n) is 11.9. The molecule has 2 nitrogen and oxygen atoms in total. The molecule has 0 heterocycles. The lowest BCUT2D eigenvalue weighted by Crippen LogP contribution is -2.21. The van der Waals surface area contributed by atoms with Crippen LogP contribution in [0.1, 0.15) is 24.1 Å². The highest BCUT2D eigenvalue weighted by Crippen LogP contribution is 2.26. The van der Waals surface area contributed by atoms with E-state index >= 15 is 0 Å². The molecule has 1 N–H and O–H groups in total. The van der Waals surface area contributed by atoms with Crippen molar-refractivity contribution in [1.82, 2.24) is 5.32 Å². The van der Waals surface area contributed by atoms with Crippen molar-refractivity contribution in [3.05, 3.63) is 65.7 Å². The maximum atomic E-state index is 3.31. The minimum atomic E-state index is 0.356. The van der Waals surface area contributed by atoms with Crippen LogP contribution >= 0.6 is 0 Å². The van der Waals surface area contributed by atoms with E-state index in [1.54, 1.807) is 0 Å². The van der Waals surface area contributed by atoms with Crippen molar-refractivity contribution in [2.24, 2.45) is 0 Å². The van der Waals surface area contributed by atoms with Gasteiger partial charge in [-0.25, -0.2) is 0 Å². The largest absolute Gasteiger partial charge is 0.370 e. The molecule has 0 amide bonds. The summed E-state index contributed by atoms with van der Waals surface area (Å²) in [5.41, 5.74) is 3.95. The van der Waals surface area contributed by atoms with Gasteiger partial charge in [-0.1, -0.05) is 48.5 Å². The van der Waals surface area contributed by atoms with Crippen LogP contribution in [0.5, 0.6) is 0 Å². The van der Waals surface area contributed by atoms with Crippen LogP contribution < -0.4 is 10.2 Å². The van der Waals surface area contributed by atoms with Gasteiger partial charge in [-0.15, -0.1) is 0 Å². The van der Waals surface area contributed by atoms with E-state index in [9.17, 15) is 0 Å². The first-order valence-electron chi connectivity index (χ1n) is 6.73. The van der Waals surface area contributed by atoms with Crippen molar-refractivity contribution in [3.8, 4) is 0 Å². The molecule has 100 valence electrons. The van der Waals surface area contributed by atoms with Crippen molar-refractivity contribution in [2.45, 2.75) is 19.5 Å². The molecule has 2 rings (SSSR count). The first kappa shape index (κ1) is 13.6. The van der Waals surface area contributed by atoms with Gasteiger partial charge < -0.3 is 10.2 Å². The van der Waals surface area contributed by atoms with Crippen LogP contribution in [0.25, 0.3) is 0 Å². The molecule has 2 aromatic rings. The zero-order chi connectivity index (χ0) is 13.7. The van der Waals surface area contributed by atoms with Crippen LogP contribution in [0.15, 0.2) is 54.6 Å². The molecule has 0 fully saturated rings. The standard InChI is InChI=1S/C17H22N2/c1-14(18-2)16-11-7-8-12-17(16)19(3)13-15-9-5-4-6-10-15/h4-12,14,18H,13H2,1-3H3. The fourth-order valence-corrected chi connectivity index (χ4v) is 2.30. The smallest absolute Gasteiger partial charge is 0.0426 e. The van der Waals surface area contributed by atoms with Crippen LogP contribution in [-0.4, -0.2) is 14.1 Å². The van der Waals surface area contributed by atoms with E-state index < -0.39 is 0 Å².